The summed E-state index contributed by atoms with van der Waals surface area (Å²) in [6.45, 7) is 8.69. The van der Waals surface area contributed by atoms with E-state index in [4.69, 9.17) is 4.74 Å². The van der Waals surface area contributed by atoms with Crippen molar-refractivity contribution in [1.82, 2.24) is 20.5 Å². The summed E-state index contributed by atoms with van der Waals surface area (Å²) in [5.74, 6) is 1.96. The Hall–Kier alpha value is -2.35. The summed E-state index contributed by atoms with van der Waals surface area (Å²) >= 11 is 0. The van der Waals surface area contributed by atoms with E-state index in [2.05, 4.69) is 44.6 Å². The van der Waals surface area contributed by atoms with E-state index in [1.807, 2.05) is 18.0 Å². The van der Waals surface area contributed by atoms with E-state index in [0.29, 0.717) is 13.0 Å². The zero-order valence-electron chi connectivity index (χ0n) is 17.1. The number of ether oxygens (including phenoxy) is 1. The van der Waals surface area contributed by atoms with Crippen LogP contribution < -0.4 is 15.5 Å². The highest BCUT2D eigenvalue weighted by Gasteiger charge is 2.25. The van der Waals surface area contributed by atoms with Crippen LogP contribution in [0.1, 0.15) is 32.3 Å². The molecule has 28 heavy (non-hydrogen) atoms. The summed E-state index contributed by atoms with van der Waals surface area (Å²) in [7, 11) is 1.76. The van der Waals surface area contributed by atoms with Crippen molar-refractivity contribution in [1.29, 1.82) is 0 Å². The number of hydrogen-bond acceptors (Lipinski definition) is 5. The predicted molar refractivity (Wildman–Crippen MR) is 110 cm³/mol. The molecule has 3 rings (SSSR count). The van der Waals surface area contributed by atoms with E-state index in [1.165, 1.54) is 0 Å². The van der Waals surface area contributed by atoms with Gasteiger partial charge in [-0.25, -0.2) is 4.98 Å². The average molecular weight is 389 g/mol. The highest BCUT2D eigenvalue weighted by Crippen LogP contribution is 2.15. The van der Waals surface area contributed by atoms with Gasteiger partial charge in [0.15, 0.2) is 5.96 Å². The second-order valence-electron chi connectivity index (χ2n) is 7.40. The van der Waals surface area contributed by atoms with Crippen LogP contribution in [-0.2, 0) is 16.1 Å². The molecule has 2 fully saturated rings. The van der Waals surface area contributed by atoms with Crippen molar-refractivity contribution in [2.24, 2.45) is 4.99 Å². The molecule has 0 bridgehead atoms. The number of pyridine rings is 1. The normalized spacial score (nSPS) is 23.0. The Kier molecular flexibility index (Phi) is 7.08. The van der Waals surface area contributed by atoms with Crippen molar-refractivity contribution in [2.75, 3.05) is 44.7 Å². The molecular weight excluding hydrogens is 356 g/mol. The second kappa shape index (κ2) is 9.73. The van der Waals surface area contributed by atoms with E-state index in [1.54, 1.807) is 7.05 Å². The van der Waals surface area contributed by atoms with Crippen molar-refractivity contribution < 1.29 is 9.53 Å². The predicted octanol–water partition coefficient (Wildman–Crippen LogP) is 0.983. The van der Waals surface area contributed by atoms with Crippen LogP contribution in [0.3, 0.4) is 0 Å². The summed E-state index contributed by atoms with van der Waals surface area (Å²) in [5.41, 5.74) is 1.10. The minimum absolute atomic E-state index is 0.216. The molecule has 1 aromatic heterocycles. The van der Waals surface area contributed by atoms with Gasteiger partial charge in [-0.1, -0.05) is 13.0 Å². The van der Waals surface area contributed by atoms with E-state index >= 15 is 0 Å². The van der Waals surface area contributed by atoms with Gasteiger partial charge in [-0.3, -0.25) is 9.79 Å². The number of nitrogens with one attached hydrogen (secondary N) is 2. The van der Waals surface area contributed by atoms with Gasteiger partial charge < -0.3 is 25.2 Å². The second-order valence-corrected chi connectivity index (χ2v) is 7.40. The maximum absolute atomic E-state index is 11.8. The van der Waals surface area contributed by atoms with Crippen LogP contribution in [0.4, 0.5) is 5.82 Å². The smallest absolute Gasteiger partial charge is 0.222 e. The van der Waals surface area contributed by atoms with Gasteiger partial charge in [-0.2, -0.15) is 0 Å². The molecule has 2 unspecified atom stereocenters. The Balaban J connectivity index is 1.47. The lowest BCUT2D eigenvalue weighted by atomic mass is 10.2. The number of aliphatic imine (C=N–C) groups is 1. The summed E-state index contributed by atoms with van der Waals surface area (Å²) in [4.78, 5) is 24.9. The third-order valence-electron chi connectivity index (χ3n) is 5.24. The van der Waals surface area contributed by atoms with Crippen LogP contribution in [0.2, 0.25) is 0 Å². The number of hydrogen-bond donors (Lipinski definition) is 2. The molecule has 3 heterocycles. The lowest BCUT2D eigenvalue weighted by Gasteiger charge is -2.32. The minimum atomic E-state index is 0.216. The van der Waals surface area contributed by atoms with Crippen LogP contribution >= 0.6 is 0 Å². The molecule has 2 N–H and O–H groups in total. The fraction of sp³-hybridized carbons (Fsp3) is 0.650. The number of carbonyl (C=O) groups excluding carboxylic acids is 1. The molecule has 2 saturated heterocycles. The molecule has 154 valence electrons. The number of nitrogens with zero attached hydrogens (tertiary/aromatic N) is 4. The number of anilines is 1. The number of amides is 1. The number of aromatic nitrogens is 1. The molecular formula is C20H32N6O2. The number of guanidine groups is 1. The molecule has 8 heteroatoms. The van der Waals surface area contributed by atoms with Crippen molar-refractivity contribution in [3.63, 3.8) is 0 Å². The standard InChI is InChI=1S/C20H32N6O2/c1-4-19(27)26-8-7-17(14-26)24-20(21-3)23-12-16-5-6-18(22-11-16)25-9-10-28-15(2)13-25/h5-6,11,15,17H,4,7-10,12-14H2,1-3H3,(H2,21,23,24). The third-order valence-corrected chi connectivity index (χ3v) is 5.24. The monoisotopic (exact) mass is 388 g/mol. The minimum Gasteiger partial charge on any atom is -0.375 e. The van der Waals surface area contributed by atoms with Crippen LogP contribution in [0.25, 0.3) is 0 Å². The first kappa shape index (κ1) is 20.4. The first-order valence-electron chi connectivity index (χ1n) is 10.2. The average Bonchev–Trinajstić information content (AvgIpc) is 3.19. The summed E-state index contributed by atoms with van der Waals surface area (Å²) in [6, 6.07) is 4.40. The van der Waals surface area contributed by atoms with Crippen molar-refractivity contribution in [3.05, 3.63) is 23.9 Å². The molecule has 1 amide bonds. The van der Waals surface area contributed by atoms with Gasteiger partial charge in [-0.15, -0.1) is 0 Å². The maximum atomic E-state index is 11.8. The molecule has 8 nitrogen and oxygen atoms in total. The quantitative estimate of drug-likeness (QED) is 0.578. The topological polar surface area (TPSA) is 82.1 Å². The van der Waals surface area contributed by atoms with E-state index in [9.17, 15) is 4.79 Å². The largest absolute Gasteiger partial charge is 0.375 e. The molecule has 2 aliphatic heterocycles. The lowest BCUT2D eigenvalue weighted by Crippen LogP contribution is -2.44. The Bertz CT molecular complexity index is 678. The van der Waals surface area contributed by atoms with Crippen LogP contribution in [0.15, 0.2) is 23.3 Å². The number of likely N-dealkylation sites (tertiary alicyclic amines) is 1. The zero-order chi connectivity index (χ0) is 19.9. The molecule has 0 aromatic carbocycles. The summed E-state index contributed by atoms with van der Waals surface area (Å²) in [6.07, 6.45) is 3.66. The van der Waals surface area contributed by atoms with Gasteiger partial charge in [0.05, 0.1) is 12.7 Å². The Morgan fingerprint density at radius 2 is 2.21 bits per heavy atom. The van der Waals surface area contributed by atoms with Gasteiger partial charge in [-0.05, 0) is 25.0 Å². The van der Waals surface area contributed by atoms with Gasteiger partial charge in [0.1, 0.15) is 5.82 Å². The molecule has 0 aliphatic carbocycles. The molecule has 0 radical (unpaired) electrons. The third kappa shape index (κ3) is 5.34. The summed E-state index contributed by atoms with van der Waals surface area (Å²) in [5, 5.41) is 6.75. The van der Waals surface area contributed by atoms with Crippen LogP contribution in [0, 0.1) is 0 Å². The molecule has 2 atom stereocenters. The number of rotatable bonds is 5. The molecule has 2 aliphatic rings. The van der Waals surface area contributed by atoms with Crippen LogP contribution in [-0.4, -0.2) is 73.7 Å². The van der Waals surface area contributed by atoms with Crippen molar-refractivity contribution in [3.8, 4) is 0 Å². The highest BCUT2D eigenvalue weighted by atomic mass is 16.5. The first-order chi connectivity index (χ1) is 13.6. The van der Waals surface area contributed by atoms with Gasteiger partial charge in [0, 0.05) is 58.4 Å². The molecule has 0 spiro atoms. The fourth-order valence-corrected chi connectivity index (χ4v) is 3.64. The Morgan fingerprint density at radius 1 is 1.36 bits per heavy atom. The molecule has 1 aromatic rings. The van der Waals surface area contributed by atoms with Gasteiger partial charge in [0.2, 0.25) is 5.91 Å². The van der Waals surface area contributed by atoms with E-state index < -0.39 is 0 Å². The van der Waals surface area contributed by atoms with E-state index in [-0.39, 0.29) is 18.1 Å². The van der Waals surface area contributed by atoms with Crippen molar-refractivity contribution in [2.45, 2.75) is 45.4 Å². The first-order valence-corrected chi connectivity index (χ1v) is 10.2. The Labute approximate surface area is 167 Å². The SMILES string of the molecule is CCC(=O)N1CCC(NC(=NC)NCc2ccc(N3CCOC(C)C3)nc2)C1. The zero-order valence-corrected chi connectivity index (χ0v) is 17.1. The van der Waals surface area contributed by atoms with E-state index in [0.717, 1.165) is 56.5 Å². The maximum Gasteiger partial charge on any atom is 0.222 e. The highest BCUT2D eigenvalue weighted by molar-refractivity contribution is 5.80. The number of carbonyl (C=O) groups is 1. The van der Waals surface area contributed by atoms with Crippen molar-refractivity contribution >= 4 is 17.7 Å². The Morgan fingerprint density at radius 3 is 2.89 bits per heavy atom. The molecule has 0 saturated carbocycles. The van der Waals surface area contributed by atoms with Gasteiger partial charge >= 0.3 is 0 Å². The lowest BCUT2D eigenvalue weighted by molar-refractivity contribution is -0.129. The van der Waals surface area contributed by atoms with Crippen LogP contribution in [0.5, 0.6) is 0 Å². The van der Waals surface area contributed by atoms with Gasteiger partial charge in [0.25, 0.3) is 0 Å². The summed E-state index contributed by atoms with van der Waals surface area (Å²) < 4.78 is 5.59. The number of morpholine rings is 1. The fourth-order valence-electron chi connectivity index (χ4n) is 3.64.